The lowest BCUT2D eigenvalue weighted by molar-refractivity contribution is 0.0836. The van der Waals surface area contributed by atoms with Crippen LogP contribution in [0.1, 0.15) is 55.8 Å². The Hall–Kier alpha value is -4.81. The van der Waals surface area contributed by atoms with Crippen molar-refractivity contribution in [2.75, 3.05) is 74.9 Å². The minimum absolute atomic E-state index is 0.0152. The van der Waals surface area contributed by atoms with Gasteiger partial charge in [-0.25, -0.2) is 0 Å². The van der Waals surface area contributed by atoms with E-state index in [1.165, 1.54) is 5.56 Å². The Bertz CT molecular complexity index is 1950. The molecule has 0 aromatic heterocycles. The van der Waals surface area contributed by atoms with Crippen LogP contribution in [-0.4, -0.2) is 95.7 Å². The fourth-order valence-electron chi connectivity index (χ4n) is 7.81. The topological polar surface area (TPSA) is 111 Å². The van der Waals surface area contributed by atoms with E-state index in [0.29, 0.717) is 71.8 Å². The van der Waals surface area contributed by atoms with E-state index >= 15 is 0 Å². The van der Waals surface area contributed by atoms with Gasteiger partial charge >= 0.3 is 0 Å². The molecule has 6 bridgehead atoms. The average Bonchev–Trinajstić information content (AvgIpc) is 3.17. The molecule has 4 aromatic carbocycles. The number of ether oxygens (including phenoxy) is 6. The van der Waals surface area contributed by atoms with E-state index < -0.39 is 0 Å². The lowest BCUT2D eigenvalue weighted by atomic mass is 9.87. The quantitative estimate of drug-likeness (QED) is 0.203. The number of benzene rings is 4. The first kappa shape index (κ1) is 36.5. The van der Waals surface area contributed by atoms with Crippen molar-refractivity contribution >= 4 is 5.91 Å². The Labute approximate surface area is 311 Å². The van der Waals surface area contributed by atoms with Gasteiger partial charge in [0.15, 0.2) is 23.0 Å². The smallest absolute Gasteiger partial charge is 0.255 e. The van der Waals surface area contributed by atoms with Crippen LogP contribution < -0.4 is 29.0 Å². The second-order valence-electron chi connectivity index (χ2n) is 13.9. The number of nitrogens with zero attached hydrogens (tertiary/aromatic N) is 2. The van der Waals surface area contributed by atoms with Crippen molar-refractivity contribution in [1.82, 2.24) is 15.1 Å². The zero-order valence-corrected chi connectivity index (χ0v) is 31.2. The van der Waals surface area contributed by atoms with Crippen LogP contribution >= 0.6 is 0 Å². The van der Waals surface area contributed by atoms with Crippen LogP contribution in [0.15, 0.2) is 60.7 Å². The minimum atomic E-state index is -0.256. The Kier molecular flexibility index (Phi) is 11.1. The number of aliphatic hydroxyl groups is 1. The number of likely N-dealkylation sites (N-methyl/N-ethyl adjacent to an activating group) is 2. The standard InChI is InChI=1S/C42H49N3O8/c1-44-15-12-28-23-36(48-3)37-25-32(28)33(44)21-27-8-11-31(42(47)43-14-18-51-19-17-46)35(22-27)52-30-9-6-26(7-10-30)20-34-39-29(13-16-45(34)2)24-38(49-4)40(50-5)41(39)53-37/h6-11,22-25,33-34,46H,12-21H2,1-5H3,(H,43,47)/t33-,34+/m1/s1. The molecule has 4 aromatic rings. The van der Waals surface area contributed by atoms with Gasteiger partial charge in [-0.15, -0.1) is 0 Å². The number of hydrogen-bond donors (Lipinski definition) is 2. The number of nitrogens with one attached hydrogen (secondary N) is 1. The van der Waals surface area contributed by atoms with Gasteiger partial charge in [-0.05, 0) is 110 Å². The third-order valence-corrected chi connectivity index (χ3v) is 10.7. The van der Waals surface area contributed by atoms with Crippen molar-refractivity contribution in [2.24, 2.45) is 0 Å². The number of fused-ring (bicyclic) bond motifs is 2. The zero-order valence-electron chi connectivity index (χ0n) is 31.2. The summed E-state index contributed by atoms with van der Waals surface area (Å²) in [5.74, 6) is 3.94. The first-order chi connectivity index (χ1) is 25.8. The number of carbonyl (C=O) groups is 1. The highest BCUT2D eigenvalue weighted by atomic mass is 16.5. The van der Waals surface area contributed by atoms with Crippen molar-refractivity contribution in [3.8, 4) is 40.2 Å². The molecule has 0 radical (unpaired) electrons. The van der Waals surface area contributed by atoms with Crippen molar-refractivity contribution in [1.29, 1.82) is 0 Å². The highest BCUT2D eigenvalue weighted by Gasteiger charge is 2.34. The van der Waals surface area contributed by atoms with Gasteiger partial charge in [-0.2, -0.15) is 0 Å². The van der Waals surface area contributed by atoms with E-state index in [0.717, 1.165) is 53.7 Å². The normalized spacial score (nSPS) is 18.2. The summed E-state index contributed by atoms with van der Waals surface area (Å²) in [7, 11) is 9.29. The highest BCUT2D eigenvalue weighted by molar-refractivity contribution is 5.97. The van der Waals surface area contributed by atoms with Gasteiger partial charge in [0.1, 0.15) is 11.5 Å². The molecule has 0 saturated heterocycles. The fraction of sp³-hybridized carbons (Fsp3) is 0.405. The van der Waals surface area contributed by atoms with E-state index in [1.807, 2.05) is 30.3 Å². The summed E-state index contributed by atoms with van der Waals surface area (Å²) < 4.78 is 36.8. The van der Waals surface area contributed by atoms with E-state index in [9.17, 15) is 4.79 Å². The van der Waals surface area contributed by atoms with Crippen LogP contribution in [0, 0.1) is 0 Å². The van der Waals surface area contributed by atoms with Crippen molar-refractivity contribution in [2.45, 2.75) is 37.8 Å². The summed E-state index contributed by atoms with van der Waals surface area (Å²) in [6, 6.07) is 20.2. The van der Waals surface area contributed by atoms with Crippen LogP contribution in [0.3, 0.4) is 0 Å². The lowest BCUT2D eigenvalue weighted by Gasteiger charge is -2.37. The summed E-state index contributed by atoms with van der Waals surface area (Å²) in [6.45, 7) is 2.52. The van der Waals surface area contributed by atoms with Crippen molar-refractivity contribution in [3.05, 3.63) is 99.6 Å². The van der Waals surface area contributed by atoms with Gasteiger partial charge in [-0.1, -0.05) is 18.2 Å². The lowest BCUT2D eigenvalue weighted by Crippen LogP contribution is -2.34. The Balaban J connectivity index is 1.37. The molecule has 0 spiro atoms. The van der Waals surface area contributed by atoms with Gasteiger partial charge in [0.2, 0.25) is 5.75 Å². The summed E-state index contributed by atoms with van der Waals surface area (Å²) in [5.41, 5.74) is 7.17. The van der Waals surface area contributed by atoms with Crippen molar-refractivity contribution < 1.29 is 38.3 Å². The Morgan fingerprint density at radius 2 is 1.49 bits per heavy atom. The second-order valence-corrected chi connectivity index (χ2v) is 13.9. The molecule has 1 amide bonds. The maximum Gasteiger partial charge on any atom is 0.255 e. The minimum Gasteiger partial charge on any atom is -0.493 e. The highest BCUT2D eigenvalue weighted by Crippen LogP contribution is 2.51. The molecule has 4 heterocycles. The summed E-state index contributed by atoms with van der Waals surface area (Å²) in [6.07, 6.45) is 3.09. The Morgan fingerprint density at radius 1 is 0.792 bits per heavy atom. The summed E-state index contributed by atoms with van der Waals surface area (Å²) >= 11 is 0. The summed E-state index contributed by atoms with van der Waals surface area (Å²) in [4.78, 5) is 18.2. The SMILES string of the molecule is COc1cc2c3cc1Oc1c(OC)c(OC)cc4c1[C@H](Cc1ccc(cc1)Oc1cc(ccc1C(=O)NCCOCCO)C[C@H]3N(C)CC2)N(C)CC4. The third kappa shape index (κ3) is 7.52. The third-order valence-electron chi connectivity index (χ3n) is 10.7. The van der Waals surface area contributed by atoms with Crippen molar-refractivity contribution in [3.63, 3.8) is 0 Å². The number of amides is 1. The molecule has 4 aliphatic rings. The molecule has 0 saturated carbocycles. The predicted octanol–water partition coefficient (Wildman–Crippen LogP) is 5.89. The van der Waals surface area contributed by atoms with Crippen LogP contribution in [0.4, 0.5) is 0 Å². The number of rotatable bonds is 9. The number of aliphatic hydroxyl groups excluding tert-OH is 1. The Morgan fingerprint density at radius 3 is 2.23 bits per heavy atom. The predicted molar refractivity (Wildman–Crippen MR) is 201 cm³/mol. The number of carbonyl (C=O) groups excluding carboxylic acids is 1. The monoisotopic (exact) mass is 723 g/mol. The molecule has 2 atom stereocenters. The molecule has 280 valence electrons. The molecular formula is C42H49N3O8. The molecular weight excluding hydrogens is 674 g/mol. The maximum atomic E-state index is 13.5. The molecule has 53 heavy (non-hydrogen) atoms. The molecule has 0 fully saturated rings. The van der Waals surface area contributed by atoms with Gasteiger partial charge in [0.05, 0.1) is 46.7 Å². The van der Waals surface area contributed by atoms with Crippen LogP contribution in [0.25, 0.3) is 0 Å². The molecule has 11 heteroatoms. The van der Waals surface area contributed by atoms with Gasteiger partial charge in [0.25, 0.3) is 5.91 Å². The molecule has 0 unspecified atom stereocenters. The second kappa shape index (κ2) is 16.1. The maximum absolute atomic E-state index is 13.5. The van der Waals surface area contributed by atoms with Gasteiger partial charge in [-0.3, -0.25) is 14.6 Å². The average molecular weight is 724 g/mol. The van der Waals surface area contributed by atoms with E-state index in [4.69, 9.17) is 33.5 Å². The van der Waals surface area contributed by atoms with Crippen LogP contribution in [0.5, 0.6) is 40.2 Å². The number of hydrogen-bond acceptors (Lipinski definition) is 10. The van der Waals surface area contributed by atoms with E-state index in [-0.39, 0.29) is 31.2 Å². The largest absolute Gasteiger partial charge is 0.493 e. The first-order valence-electron chi connectivity index (χ1n) is 18.2. The molecule has 2 N–H and O–H groups in total. The number of methoxy groups -OCH3 is 3. The molecule has 11 nitrogen and oxygen atoms in total. The fourth-order valence-corrected chi connectivity index (χ4v) is 7.81. The molecule has 8 rings (SSSR count). The molecule has 0 aliphatic carbocycles. The van der Waals surface area contributed by atoms with Gasteiger partial charge in [0, 0.05) is 37.3 Å². The molecule has 4 aliphatic heterocycles. The van der Waals surface area contributed by atoms with E-state index in [1.54, 1.807) is 21.3 Å². The first-order valence-corrected chi connectivity index (χ1v) is 18.2. The zero-order chi connectivity index (χ0) is 37.1. The summed E-state index contributed by atoms with van der Waals surface area (Å²) in [5, 5.41) is 11.9. The van der Waals surface area contributed by atoms with Gasteiger partial charge < -0.3 is 38.8 Å². The van der Waals surface area contributed by atoms with Crippen LogP contribution in [0.2, 0.25) is 0 Å². The van der Waals surface area contributed by atoms with E-state index in [2.05, 4.69) is 59.5 Å². The van der Waals surface area contributed by atoms with Crippen LogP contribution in [-0.2, 0) is 30.4 Å².